The first-order valence-electron chi connectivity index (χ1n) is 9.40. The molecule has 0 amide bonds. The van der Waals surface area contributed by atoms with E-state index < -0.39 is 0 Å². The largest absolute Gasteiger partial charge is 0.355 e. The quantitative estimate of drug-likeness (QED) is 0.281. The summed E-state index contributed by atoms with van der Waals surface area (Å²) in [5.41, 5.74) is 1.13. The second-order valence-corrected chi connectivity index (χ2v) is 8.39. The summed E-state index contributed by atoms with van der Waals surface area (Å²) in [6, 6.07) is 16.5. The molecule has 0 atom stereocenters. The number of nitrogens with one attached hydrogen (secondary N) is 2. The first-order valence-corrected chi connectivity index (χ1v) is 10.2. The molecule has 6 nitrogen and oxygen atoms in total. The summed E-state index contributed by atoms with van der Waals surface area (Å²) < 4.78 is 2.04. The van der Waals surface area contributed by atoms with Crippen LogP contribution in [0.1, 0.15) is 18.4 Å². The van der Waals surface area contributed by atoms with Gasteiger partial charge in [-0.2, -0.15) is 5.10 Å². The van der Waals surface area contributed by atoms with Crippen LogP contribution < -0.4 is 10.6 Å². The molecule has 0 aliphatic heterocycles. The lowest BCUT2D eigenvalue weighted by molar-refractivity contribution is 0.764. The third-order valence-electron chi connectivity index (χ3n) is 4.70. The van der Waals surface area contributed by atoms with Gasteiger partial charge in [-0.05, 0) is 48.7 Å². The predicted molar refractivity (Wildman–Crippen MR) is 129 cm³/mol. The summed E-state index contributed by atoms with van der Waals surface area (Å²) in [6.45, 7) is 1.58. The van der Waals surface area contributed by atoms with Crippen LogP contribution in [0.5, 0.6) is 0 Å². The number of pyridine rings is 1. The lowest BCUT2D eigenvalue weighted by atomic mass is 10.2. The molecule has 0 spiro atoms. The number of guanidine groups is 1. The van der Waals surface area contributed by atoms with E-state index in [9.17, 15) is 0 Å². The van der Waals surface area contributed by atoms with Crippen molar-refractivity contribution in [2.75, 3.05) is 13.6 Å². The van der Waals surface area contributed by atoms with Crippen molar-refractivity contribution >= 4 is 41.7 Å². The molecule has 152 valence electrons. The molecule has 4 rings (SSSR count). The zero-order valence-corrected chi connectivity index (χ0v) is 19.4. The van der Waals surface area contributed by atoms with E-state index in [1.807, 2.05) is 36.2 Å². The summed E-state index contributed by atoms with van der Waals surface area (Å²) in [5.74, 6) is 1.63. The average molecular weight is 520 g/mol. The van der Waals surface area contributed by atoms with E-state index in [-0.39, 0.29) is 28.7 Å². The van der Waals surface area contributed by atoms with Gasteiger partial charge in [0, 0.05) is 48.4 Å². The van der Waals surface area contributed by atoms with Crippen LogP contribution >= 0.6 is 35.7 Å². The van der Waals surface area contributed by atoms with Gasteiger partial charge in [-0.25, -0.2) is 9.67 Å². The Kier molecular flexibility index (Phi) is 7.54. The summed E-state index contributed by atoms with van der Waals surface area (Å²) in [6.07, 6.45) is 7.90. The van der Waals surface area contributed by atoms with Gasteiger partial charge in [0.1, 0.15) is 0 Å². The Hall–Kier alpha value is -2.07. The Bertz CT molecular complexity index is 925. The van der Waals surface area contributed by atoms with Crippen LogP contribution in [0.4, 0.5) is 0 Å². The first kappa shape index (κ1) is 21.6. The van der Waals surface area contributed by atoms with E-state index in [4.69, 9.17) is 0 Å². The van der Waals surface area contributed by atoms with Crippen molar-refractivity contribution in [2.45, 2.75) is 29.0 Å². The Morgan fingerprint density at radius 2 is 1.97 bits per heavy atom. The lowest BCUT2D eigenvalue weighted by Gasteiger charge is -2.18. The number of rotatable bonds is 7. The Labute approximate surface area is 192 Å². The summed E-state index contributed by atoms with van der Waals surface area (Å²) >= 11 is 1.96. The molecule has 1 aliphatic rings. The fraction of sp³-hybridized carbons (Fsp3) is 0.286. The number of hydrogen-bond acceptors (Lipinski definition) is 4. The van der Waals surface area contributed by atoms with E-state index in [1.54, 1.807) is 24.1 Å². The molecule has 3 aromatic rings. The van der Waals surface area contributed by atoms with Crippen LogP contribution in [-0.2, 0) is 6.54 Å². The van der Waals surface area contributed by atoms with Gasteiger partial charge >= 0.3 is 0 Å². The molecule has 2 aromatic heterocycles. The van der Waals surface area contributed by atoms with E-state index in [0.29, 0.717) is 6.54 Å². The number of nitrogens with zero attached hydrogens (tertiary/aromatic N) is 4. The van der Waals surface area contributed by atoms with Crippen LogP contribution in [-0.4, -0.2) is 39.1 Å². The minimum Gasteiger partial charge on any atom is -0.355 e. The van der Waals surface area contributed by atoms with Crippen molar-refractivity contribution in [1.82, 2.24) is 25.4 Å². The van der Waals surface area contributed by atoms with Gasteiger partial charge in [-0.1, -0.05) is 18.2 Å². The van der Waals surface area contributed by atoms with Gasteiger partial charge < -0.3 is 10.6 Å². The molecule has 0 saturated heterocycles. The molecule has 0 unspecified atom stereocenters. The average Bonchev–Trinajstić information content (AvgIpc) is 3.27. The molecule has 2 N–H and O–H groups in total. The maximum absolute atomic E-state index is 4.37. The fourth-order valence-electron chi connectivity index (χ4n) is 2.94. The lowest BCUT2D eigenvalue weighted by Crippen LogP contribution is -2.40. The van der Waals surface area contributed by atoms with Gasteiger partial charge in [0.05, 0.1) is 0 Å². The maximum Gasteiger partial charge on any atom is 0.191 e. The molecule has 8 heteroatoms. The fourth-order valence-corrected chi connectivity index (χ4v) is 4.19. The Balaban J connectivity index is 0.00000240. The molecule has 1 saturated carbocycles. The number of hydrogen-bond donors (Lipinski definition) is 2. The van der Waals surface area contributed by atoms with E-state index >= 15 is 0 Å². The highest BCUT2D eigenvalue weighted by molar-refractivity contribution is 14.0. The highest BCUT2D eigenvalue weighted by Crippen LogP contribution is 2.51. The highest BCUT2D eigenvalue weighted by Gasteiger charge is 2.43. The maximum atomic E-state index is 4.37. The highest BCUT2D eigenvalue weighted by atomic mass is 127. The molecule has 29 heavy (non-hydrogen) atoms. The van der Waals surface area contributed by atoms with Crippen molar-refractivity contribution < 1.29 is 0 Å². The minimum atomic E-state index is 0. The SMILES string of the molecule is CN=C(NCc1ccnc(-n2cccn2)c1)NCC1(Sc2ccccc2)CC1.I. The van der Waals surface area contributed by atoms with Crippen LogP contribution in [0.15, 0.2) is 77.0 Å². The smallest absolute Gasteiger partial charge is 0.191 e. The van der Waals surface area contributed by atoms with E-state index in [0.717, 1.165) is 23.9 Å². The van der Waals surface area contributed by atoms with Gasteiger partial charge in [0.2, 0.25) is 0 Å². The van der Waals surface area contributed by atoms with Gasteiger partial charge in [-0.3, -0.25) is 4.99 Å². The molecule has 1 aromatic carbocycles. The zero-order chi connectivity index (χ0) is 19.2. The van der Waals surface area contributed by atoms with E-state index in [1.165, 1.54) is 17.7 Å². The monoisotopic (exact) mass is 520 g/mol. The molecule has 2 heterocycles. The first-order chi connectivity index (χ1) is 13.8. The third-order valence-corrected chi connectivity index (χ3v) is 6.19. The Morgan fingerprint density at radius 3 is 2.66 bits per heavy atom. The van der Waals surface area contributed by atoms with Crippen LogP contribution in [0, 0.1) is 0 Å². The minimum absolute atomic E-state index is 0. The van der Waals surface area contributed by atoms with E-state index in [2.05, 4.69) is 56.0 Å². The molecule has 0 radical (unpaired) electrons. The second kappa shape index (κ2) is 10.1. The standard InChI is InChI=1S/C21H24N6S.HI/c1-22-20(25-16-21(9-10-21)28-18-6-3-2-4-7-18)24-15-17-8-12-23-19(14-17)27-13-5-11-26-27;/h2-8,11-14H,9-10,15-16H2,1H3,(H2,22,24,25);1H. The summed E-state index contributed by atoms with van der Waals surface area (Å²) in [4.78, 5) is 10.1. The normalized spacial score (nSPS) is 14.7. The number of aliphatic imine (C=N–C) groups is 1. The molecule has 1 fully saturated rings. The molecule has 1 aliphatic carbocycles. The number of thioether (sulfide) groups is 1. The Morgan fingerprint density at radius 1 is 1.14 bits per heavy atom. The molecular formula is C21H25IN6S. The van der Waals surface area contributed by atoms with Crippen molar-refractivity contribution in [3.05, 3.63) is 72.7 Å². The van der Waals surface area contributed by atoms with Crippen LogP contribution in [0.2, 0.25) is 0 Å². The van der Waals surface area contributed by atoms with Crippen molar-refractivity contribution in [3.63, 3.8) is 0 Å². The van der Waals surface area contributed by atoms with Crippen molar-refractivity contribution in [1.29, 1.82) is 0 Å². The number of halogens is 1. The second-order valence-electron chi connectivity index (χ2n) is 6.85. The van der Waals surface area contributed by atoms with Gasteiger partial charge in [0.15, 0.2) is 11.8 Å². The van der Waals surface area contributed by atoms with Crippen molar-refractivity contribution in [2.24, 2.45) is 4.99 Å². The van der Waals surface area contributed by atoms with Crippen LogP contribution in [0.3, 0.4) is 0 Å². The zero-order valence-electron chi connectivity index (χ0n) is 16.3. The number of benzene rings is 1. The van der Waals surface area contributed by atoms with Gasteiger partial charge in [-0.15, -0.1) is 35.7 Å². The third kappa shape index (κ3) is 5.96. The van der Waals surface area contributed by atoms with Crippen molar-refractivity contribution in [3.8, 4) is 5.82 Å². The van der Waals surface area contributed by atoms with Crippen LogP contribution in [0.25, 0.3) is 5.82 Å². The predicted octanol–water partition coefficient (Wildman–Crippen LogP) is 3.88. The summed E-state index contributed by atoms with van der Waals surface area (Å²) in [5, 5.41) is 11.1. The number of aromatic nitrogens is 3. The topological polar surface area (TPSA) is 67.1 Å². The summed E-state index contributed by atoms with van der Waals surface area (Å²) in [7, 11) is 1.81. The van der Waals surface area contributed by atoms with Gasteiger partial charge in [0.25, 0.3) is 0 Å². The molecular weight excluding hydrogens is 495 g/mol. The molecule has 0 bridgehead atoms.